The molecule has 4 heterocycles. The Bertz CT molecular complexity index is 2260. The Balaban J connectivity index is 0.791. The fourth-order valence-corrected chi connectivity index (χ4v) is 8.79. The minimum absolute atomic E-state index is 0.00879. The van der Waals surface area contributed by atoms with Crippen LogP contribution < -0.4 is 40.5 Å². The first kappa shape index (κ1) is 44.5. The molecule has 1 aliphatic carbocycles. The van der Waals surface area contributed by atoms with Gasteiger partial charge < -0.3 is 35.2 Å². The van der Waals surface area contributed by atoms with E-state index in [1.165, 1.54) is 18.2 Å². The minimum atomic E-state index is -1.10. The molecule has 18 nitrogen and oxygen atoms in total. The lowest BCUT2D eigenvalue weighted by Crippen LogP contribution is -2.55. The molecule has 4 N–H and O–H groups in total. The molecule has 334 valence electrons. The second kappa shape index (κ2) is 20.1. The van der Waals surface area contributed by atoms with Crippen molar-refractivity contribution in [2.45, 2.75) is 109 Å². The number of imide groups is 2. The molecule has 1 aromatic heterocycles. The molecular weight excluding hydrogens is 811 g/mol. The smallest absolute Gasteiger partial charge is 0.266 e. The lowest BCUT2D eigenvalue weighted by atomic mass is 10.0. The van der Waals surface area contributed by atoms with E-state index in [9.17, 15) is 33.6 Å². The van der Waals surface area contributed by atoms with Crippen molar-refractivity contribution >= 4 is 64.5 Å². The molecule has 1 unspecified atom stereocenters. The van der Waals surface area contributed by atoms with Gasteiger partial charge in [0.15, 0.2) is 12.4 Å². The average molecular weight is 866 g/mol. The molecule has 0 bridgehead atoms. The number of rotatable bonds is 19. The van der Waals surface area contributed by atoms with Gasteiger partial charge in [0.2, 0.25) is 23.7 Å². The third-order valence-electron chi connectivity index (χ3n) is 12.1. The Morgan fingerprint density at radius 3 is 2.33 bits per heavy atom. The van der Waals surface area contributed by atoms with Gasteiger partial charge in [-0.2, -0.15) is 4.98 Å². The molecule has 1 saturated heterocycles. The second-order valence-corrected chi connectivity index (χ2v) is 16.3. The van der Waals surface area contributed by atoms with Gasteiger partial charge in [-0.3, -0.25) is 43.8 Å². The second-order valence-electron chi connectivity index (χ2n) is 16.3. The van der Waals surface area contributed by atoms with Gasteiger partial charge in [0.25, 0.3) is 23.6 Å². The monoisotopic (exact) mass is 865 g/mol. The molecule has 63 heavy (non-hydrogen) atoms. The Morgan fingerprint density at radius 2 is 1.62 bits per heavy atom. The van der Waals surface area contributed by atoms with Crippen LogP contribution in [0.25, 0.3) is 0 Å². The summed E-state index contributed by atoms with van der Waals surface area (Å²) in [7, 11) is 3.31. The Hall–Kier alpha value is -6.59. The zero-order valence-corrected chi connectivity index (χ0v) is 36.0. The van der Waals surface area contributed by atoms with Crippen LogP contribution in [0.5, 0.6) is 11.5 Å². The SMILES string of the molecule is CC[C@@H]1C(=O)N(C)c2cnc(Nc3ccc(C(=O)NCCCCCCCCNC(=O)COc4cccc5c4C(=O)N(C4CCC(=O)NC4=O)C5=O)cc3OC)nc2N1C1CCCC1. The number of carbonyl (C=O) groups excluding carboxylic acids is 7. The summed E-state index contributed by atoms with van der Waals surface area (Å²) >= 11 is 0. The standard InChI is InChI=1S/C45H55N9O9/c1-4-31-43(60)52(2)33-25-48-45(51-39(33)53(31)28-14-9-10-15-28)49-30-19-18-27(24-35(30)62-3)40(57)47-23-12-8-6-5-7-11-22-46-37(56)26-63-34-17-13-16-29-38(34)44(61)54(42(29)59)32-20-21-36(55)50-41(32)58/h13,16-19,24-25,28,31-32H,4-12,14-15,20-23,26H2,1-3H3,(H,46,56)(H,47,57)(H,48,49,51)(H,50,55,58)/t31-,32?/m1/s1. The Kier molecular flexibility index (Phi) is 14.2. The zero-order valence-electron chi connectivity index (χ0n) is 36.0. The van der Waals surface area contributed by atoms with E-state index in [0.29, 0.717) is 48.1 Å². The van der Waals surface area contributed by atoms with Crippen LogP contribution in [0.4, 0.5) is 23.1 Å². The third kappa shape index (κ3) is 9.74. The number of unbranched alkanes of at least 4 members (excludes halogenated alkanes) is 5. The summed E-state index contributed by atoms with van der Waals surface area (Å²) in [4.78, 5) is 103. The number of carbonyl (C=O) groups is 7. The fraction of sp³-hybridized carbons (Fsp3) is 0.489. The highest BCUT2D eigenvalue weighted by Gasteiger charge is 2.46. The number of hydrogen-bond acceptors (Lipinski definition) is 13. The van der Waals surface area contributed by atoms with Crippen molar-refractivity contribution in [1.29, 1.82) is 0 Å². The van der Waals surface area contributed by atoms with Gasteiger partial charge in [0, 0.05) is 38.2 Å². The van der Waals surface area contributed by atoms with Crippen LogP contribution in [0, 0.1) is 0 Å². The van der Waals surface area contributed by atoms with Gasteiger partial charge in [0.1, 0.15) is 29.3 Å². The first-order chi connectivity index (χ1) is 30.5. The van der Waals surface area contributed by atoms with Crippen LogP contribution in [0.3, 0.4) is 0 Å². The van der Waals surface area contributed by atoms with Gasteiger partial charge in [-0.15, -0.1) is 0 Å². The summed E-state index contributed by atoms with van der Waals surface area (Å²) in [6, 6.07) is 8.55. The van der Waals surface area contributed by atoms with Crippen molar-refractivity contribution in [3.8, 4) is 11.5 Å². The van der Waals surface area contributed by atoms with Gasteiger partial charge in [-0.05, 0) is 68.9 Å². The zero-order chi connectivity index (χ0) is 44.6. The highest BCUT2D eigenvalue weighted by molar-refractivity contribution is 6.24. The Labute approximate surface area is 365 Å². The highest BCUT2D eigenvalue weighted by atomic mass is 16.5. The molecule has 2 aromatic carbocycles. The molecule has 1 saturated carbocycles. The summed E-state index contributed by atoms with van der Waals surface area (Å²) in [5, 5.41) is 11.2. The number of fused-ring (bicyclic) bond motifs is 2. The first-order valence-corrected chi connectivity index (χ1v) is 21.9. The molecule has 3 aliphatic heterocycles. The number of nitrogens with one attached hydrogen (secondary N) is 4. The van der Waals surface area contributed by atoms with Crippen LogP contribution >= 0.6 is 0 Å². The van der Waals surface area contributed by atoms with Crippen LogP contribution in [-0.4, -0.2) is 108 Å². The van der Waals surface area contributed by atoms with Crippen molar-refractivity contribution in [1.82, 2.24) is 30.8 Å². The van der Waals surface area contributed by atoms with E-state index in [2.05, 4.69) is 31.2 Å². The van der Waals surface area contributed by atoms with Crippen LogP contribution in [-0.2, 0) is 19.2 Å². The van der Waals surface area contributed by atoms with E-state index in [1.54, 1.807) is 43.5 Å². The maximum absolute atomic E-state index is 13.3. The predicted molar refractivity (Wildman–Crippen MR) is 232 cm³/mol. The van der Waals surface area contributed by atoms with Crippen LogP contribution in [0.15, 0.2) is 42.6 Å². The quantitative estimate of drug-likeness (QED) is 0.0971. The molecule has 0 spiro atoms. The van der Waals surface area contributed by atoms with Crippen molar-refractivity contribution in [2.24, 2.45) is 0 Å². The Morgan fingerprint density at radius 1 is 0.889 bits per heavy atom. The maximum atomic E-state index is 13.3. The summed E-state index contributed by atoms with van der Waals surface area (Å²) < 4.78 is 11.3. The summed E-state index contributed by atoms with van der Waals surface area (Å²) in [6.45, 7) is 2.64. The highest BCUT2D eigenvalue weighted by Crippen LogP contribution is 2.40. The topological polar surface area (TPSA) is 222 Å². The van der Waals surface area contributed by atoms with Crippen LogP contribution in [0.1, 0.15) is 121 Å². The minimum Gasteiger partial charge on any atom is -0.495 e. The average Bonchev–Trinajstić information content (AvgIpc) is 3.91. The molecule has 3 aromatic rings. The summed E-state index contributed by atoms with van der Waals surface area (Å²) in [5.74, 6) is -1.39. The van der Waals surface area contributed by atoms with E-state index in [4.69, 9.17) is 14.5 Å². The van der Waals surface area contributed by atoms with Crippen molar-refractivity contribution < 1.29 is 43.0 Å². The number of ether oxygens (including phenoxy) is 2. The molecule has 7 amide bonds. The lowest BCUT2D eigenvalue weighted by molar-refractivity contribution is -0.136. The molecule has 2 fully saturated rings. The molecule has 2 atom stereocenters. The number of anilines is 4. The number of amides is 7. The first-order valence-electron chi connectivity index (χ1n) is 21.9. The van der Waals surface area contributed by atoms with E-state index in [-0.39, 0.29) is 66.1 Å². The van der Waals surface area contributed by atoms with Crippen molar-refractivity contribution in [3.63, 3.8) is 0 Å². The number of nitrogens with zero attached hydrogens (tertiary/aromatic N) is 5. The lowest BCUT2D eigenvalue weighted by Gasteiger charge is -2.43. The number of methoxy groups -OCH3 is 1. The van der Waals surface area contributed by atoms with E-state index >= 15 is 0 Å². The molecular formula is C45H55N9O9. The van der Waals surface area contributed by atoms with Crippen LogP contribution in [0.2, 0.25) is 0 Å². The molecule has 0 radical (unpaired) electrons. The molecule has 18 heteroatoms. The number of aromatic nitrogens is 2. The van der Waals surface area contributed by atoms with Crippen molar-refractivity contribution in [3.05, 3.63) is 59.3 Å². The molecule has 7 rings (SSSR count). The molecule has 4 aliphatic rings. The number of piperidine rings is 1. The van der Waals surface area contributed by atoms with Gasteiger partial charge >= 0.3 is 0 Å². The van der Waals surface area contributed by atoms with Gasteiger partial charge in [0.05, 0.1) is 30.1 Å². The van der Waals surface area contributed by atoms with Gasteiger partial charge in [-0.1, -0.05) is 51.5 Å². The maximum Gasteiger partial charge on any atom is 0.266 e. The summed E-state index contributed by atoms with van der Waals surface area (Å²) in [6.07, 6.45) is 12.1. The fourth-order valence-electron chi connectivity index (χ4n) is 8.79. The normalized spacial score (nSPS) is 18.6. The van der Waals surface area contributed by atoms with Gasteiger partial charge in [-0.25, -0.2) is 4.98 Å². The van der Waals surface area contributed by atoms with E-state index < -0.39 is 29.7 Å². The third-order valence-corrected chi connectivity index (χ3v) is 12.1. The largest absolute Gasteiger partial charge is 0.495 e. The predicted octanol–water partition coefficient (Wildman–Crippen LogP) is 4.40. The van der Waals surface area contributed by atoms with E-state index in [0.717, 1.165) is 74.9 Å². The van der Waals surface area contributed by atoms with Crippen molar-refractivity contribution in [2.75, 3.05) is 49.0 Å². The number of hydrogen-bond donors (Lipinski definition) is 4. The summed E-state index contributed by atoms with van der Waals surface area (Å²) in [5.41, 5.74) is 1.82. The van der Waals surface area contributed by atoms with E-state index in [1.807, 2.05) is 6.92 Å². The number of benzene rings is 2. The number of likely N-dealkylation sites (N-methyl/N-ethyl adjacent to an activating group) is 1.